The SMILES string of the molecule is Cn1c(=O)c2c(-c3nc(C(=O)O)cs3)n(CCSC(c3ccccc3)(c3ccccc3)c3ccccc3)cc2n(C)c1=O. The molecule has 0 bridgehead atoms. The summed E-state index contributed by atoms with van der Waals surface area (Å²) < 4.78 is 3.91. The Balaban J connectivity index is 1.49. The highest BCUT2D eigenvalue weighted by molar-refractivity contribution is 8.00. The van der Waals surface area contributed by atoms with E-state index in [2.05, 4.69) is 41.4 Å². The van der Waals surface area contributed by atoms with E-state index >= 15 is 0 Å². The minimum Gasteiger partial charge on any atom is -0.476 e. The van der Waals surface area contributed by atoms with E-state index in [0.29, 0.717) is 33.9 Å². The van der Waals surface area contributed by atoms with Crippen LogP contribution in [0, 0.1) is 0 Å². The maximum atomic E-state index is 13.4. The molecule has 0 unspecified atom stereocenters. The third kappa shape index (κ3) is 4.92. The minimum absolute atomic E-state index is 0.0897. The Morgan fingerprint density at radius 2 is 1.40 bits per heavy atom. The number of carboxylic acids is 1. The van der Waals surface area contributed by atoms with E-state index in [1.807, 2.05) is 59.2 Å². The molecule has 0 radical (unpaired) electrons. The Kier molecular flexibility index (Phi) is 7.64. The smallest absolute Gasteiger partial charge is 0.355 e. The third-order valence-electron chi connectivity index (χ3n) is 7.63. The first kappa shape index (κ1) is 28.4. The standard InChI is InChI=1S/C33H28N4O4S2/c1-35-26-20-37(28(27(26)30(38)36(2)32(35)41)29-34-25(21-42-29)31(39)40)18-19-43-33(22-12-6-3-7-13-22,23-14-8-4-9-15-23)24-16-10-5-11-17-24/h3-17,20-21H,18-19H2,1-2H3,(H,39,40). The van der Waals surface area contributed by atoms with E-state index in [9.17, 15) is 19.5 Å². The lowest BCUT2D eigenvalue weighted by Crippen LogP contribution is -2.36. The Labute approximate surface area is 255 Å². The van der Waals surface area contributed by atoms with E-state index < -0.39 is 22.0 Å². The molecule has 3 aromatic heterocycles. The summed E-state index contributed by atoms with van der Waals surface area (Å²) in [5.74, 6) is -0.517. The molecule has 6 aromatic rings. The fraction of sp³-hybridized carbons (Fsp3) is 0.152. The summed E-state index contributed by atoms with van der Waals surface area (Å²) in [6, 6.07) is 31.2. The lowest BCUT2D eigenvalue weighted by atomic mass is 9.84. The van der Waals surface area contributed by atoms with E-state index in [1.165, 1.54) is 17.0 Å². The molecule has 0 saturated heterocycles. The van der Waals surface area contributed by atoms with Crippen LogP contribution in [-0.2, 0) is 25.4 Å². The van der Waals surface area contributed by atoms with Gasteiger partial charge in [0.1, 0.15) is 5.01 Å². The molecule has 3 aromatic carbocycles. The number of rotatable bonds is 9. The summed E-state index contributed by atoms with van der Waals surface area (Å²) in [6.45, 7) is 0.474. The maximum absolute atomic E-state index is 13.4. The first-order valence-electron chi connectivity index (χ1n) is 13.6. The number of hydrogen-bond donors (Lipinski definition) is 1. The van der Waals surface area contributed by atoms with E-state index in [4.69, 9.17) is 0 Å². The van der Waals surface area contributed by atoms with Crippen molar-refractivity contribution < 1.29 is 9.90 Å². The molecule has 3 heterocycles. The Morgan fingerprint density at radius 1 is 0.860 bits per heavy atom. The summed E-state index contributed by atoms with van der Waals surface area (Å²) in [6.07, 6.45) is 1.80. The van der Waals surface area contributed by atoms with Crippen LogP contribution in [0.15, 0.2) is 112 Å². The number of thiazole rings is 1. The number of nitrogens with zero attached hydrogens (tertiary/aromatic N) is 4. The number of fused-ring (bicyclic) bond motifs is 1. The summed E-state index contributed by atoms with van der Waals surface area (Å²) in [7, 11) is 3.07. The normalized spacial score (nSPS) is 11.7. The highest BCUT2D eigenvalue weighted by Crippen LogP contribution is 2.48. The van der Waals surface area contributed by atoms with Crippen molar-refractivity contribution in [2.75, 3.05) is 5.75 Å². The Hall–Kier alpha value is -4.67. The molecule has 0 saturated carbocycles. The van der Waals surface area contributed by atoms with Crippen LogP contribution in [0.4, 0.5) is 0 Å². The van der Waals surface area contributed by atoms with Gasteiger partial charge < -0.3 is 9.67 Å². The second-order valence-electron chi connectivity index (χ2n) is 10.1. The highest BCUT2D eigenvalue weighted by atomic mass is 32.2. The quantitative estimate of drug-likeness (QED) is 0.215. The van der Waals surface area contributed by atoms with Gasteiger partial charge in [-0.25, -0.2) is 14.6 Å². The monoisotopic (exact) mass is 608 g/mol. The zero-order valence-corrected chi connectivity index (χ0v) is 25.1. The van der Waals surface area contributed by atoms with Crippen molar-refractivity contribution in [1.82, 2.24) is 18.7 Å². The van der Waals surface area contributed by atoms with Crippen LogP contribution < -0.4 is 11.2 Å². The van der Waals surface area contributed by atoms with Crippen molar-refractivity contribution in [3.05, 3.63) is 146 Å². The summed E-state index contributed by atoms with van der Waals surface area (Å²) >= 11 is 2.94. The van der Waals surface area contributed by atoms with Crippen molar-refractivity contribution in [2.24, 2.45) is 14.1 Å². The van der Waals surface area contributed by atoms with Crippen LogP contribution in [0.2, 0.25) is 0 Å². The average Bonchev–Trinajstić information content (AvgIpc) is 3.68. The Bertz CT molecular complexity index is 1950. The van der Waals surface area contributed by atoms with Crippen molar-refractivity contribution in [2.45, 2.75) is 11.3 Å². The molecule has 0 aliphatic carbocycles. The second kappa shape index (κ2) is 11.5. The molecule has 1 N–H and O–H groups in total. The van der Waals surface area contributed by atoms with Crippen molar-refractivity contribution in [3.63, 3.8) is 0 Å². The molecule has 43 heavy (non-hydrogen) atoms. The predicted molar refractivity (Wildman–Crippen MR) is 172 cm³/mol. The topological polar surface area (TPSA) is 99.1 Å². The third-order valence-corrected chi connectivity index (χ3v) is 10.0. The molecular formula is C33H28N4O4S2. The van der Waals surface area contributed by atoms with Crippen molar-refractivity contribution in [1.29, 1.82) is 0 Å². The number of aromatic carboxylic acids is 1. The number of benzene rings is 3. The largest absolute Gasteiger partial charge is 0.476 e. The average molecular weight is 609 g/mol. The lowest BCUT2D eigenvalue weighted by molar-refractivity contribution is 0.0691. The van der Waals surface area contributed by atoms with Gasteiger partial charge in [0.15, 0.2) is 5.69 Å². The molecule has 0 aliphatic rings. The molecule has 0 spiro atoms. The van der Waals surface area contributed by atoms with E-state index in [-0.39, 0.29) is 5.69 Å². The van der Waals surface area contributed by atoms with Crippen LogP contribution in [0.5, 0.6) is 0 Å². The fourth-order valence-corrected chi connectivity index (χ4v) is 7.90. The predicted octanol–water partition coefficient (Wildman–Crippen LogP) is 5.59. The molecule has 6 rings (SSSR count). The van der Waals surface area contributed by atoms with Crippen LogP contribution in [0.1, 0.15) is 27.2 Å². The van der Waals surface area contributed by atoms with Gasteiger partial charge in [0.25, 0.3) is 5.56 Å². The number of aromatic nitrogens is 4. The van der Waals surface area contributed by atoms with Crippen LogP contribution in [0.3, 0.4) is 0 Å². The van der Waals surface area contributed by atoms with Gasteiger partial charge >= 0.3 is 11.7 Å². The lowest BCUT2D eigenvalue weighted by Gasteiger charge is -2.35. The van der Waals surface area contributed by atoms with Crippen LogP contribution in [-0.4, -0.2) is 35.5 Å². The number of carbonyl (C=O) groups is 1. The Morgan fingerprint density at radius 3 is 1.88 bits per heavy atom. The summed E-state index contributed by atoms with van der Waals surface area (Å²) in [5, 5.41) is 11.7. The molecule has 10 heteroatoms. The maximum Gasteiger partial charge on any atom is 0.355 e. The van der Waals surface area contributed by atoms with Crippen LogP contribution >= 0.6 is 23.1 Å². The number of carboxylic acid groups (broad SMARTS) is 1. The first-order valence-corrected chi connectivity index (χ1v) is 15.5. The van der Waals surface area contributed by atoms with Crippen molar-refractivity contribution >= 4 is 40.0 Å². The molecule has 8 nitrogen and oxygen atoms in total. The summed E-state index contributed by atoms with van der Waals surface area (Å²) in [4.78, 5) is 42.2. The molecule has 0 aliphatic heterocycles. The molecule has 0 amide bonds. The van der Waals surface area contributed by atoms with Gasteiger partial charge in [-0.2, -0.15) is 0 Å². The number of thioether (sulfide) groups is 1. The highest BCUT2D eigenvalue weighted by Gasteiger charge is 2.37. The van der Waals surface area contributed by atoms with Gasteiger partial charge in [-0.15, -0.1) is 23.1 Å². The van der Waals surface area contributed by atoms with Gasteiger partial charge in [-0.3, -0.25) is 13.9 Å². The fourth-order valence-electron chi connectivity index (χ4n) is 5.54. The zero-order valence-electron chi connectivity index (χ0n) is 23.5. The molecule has 216 valence electrons. The summed E-state index contributed by atoms with van der Waals surface area (Å²) in [5.41, 5.74) is 3.42. The van der Waals surface area contributed by atoms with Gasteiger partial charge in [0.05, 0.1) is 21.3 Å². The van der Waals surface area contributed by atoms with Gasteiger partial charge in [0.2, 0.25) is 0 Å². The molecule has 0 fully saturated rings. The first-order chi connectivity index (χ1) is 20.8. The number of aryl methyl sites for hydroxylation is 2. The zero-order chi connectivity index (χ0) is 30.1. The van der Waals surface area contributed by atoms with Gasteiger partial charge in [-0.05, 0) is 16.7 Å². The molecular weight excluding hydrogens is 581 g/mol. The minimum atomic E-state index is -1.14. The van der Waals surface area contributed by atoms with Crippen molar-refractivity contribution in [3.8, 4) is 10.7 Å². The van der Waals surface area contributed by atoms with E-state index in [0.717, 1.165) is 32.6 Å². The van der Waals surface area contributed by atoms with Gasteiger partial charge in [-0.1, -0.05) is 91.0 Å². The molecule has 0 atom stereocenters. The van der Waals surface area contributed by atoms with Crippen LogP contribution in [0.25, 0.3) is 21.6 Å². The number of hydrogen-bond acceptors (Lipinski definition) is 6. The van der Waals surface area contributed by atoms with Gasteiger partial charge in [0, 0.05) is 38.0 Å². The second-order valence-corrected chi connectivity index (χ2v) is 12.3. The van der Waals surface area contributed by atoms with E-state index in [1.54, 1.807) is 25.0 Å².